The second-order valence-electron chi connectivity index (χ2n) is 5.83. The van der Waals surface area contributed by atoms with Gasteiger partial charge in [-0.2, -0.15) is 0 Å². The molecule has 2 aromatic carbocycles. The number of amides is 2. The molecule has 0 fully saturated rings. The average molecular weight is 377 g/mol. The first-order valence-electron chi connectivity index (χ1n) is 8.34. The first-order valence-corrected chi connectivity index (χ1v) is 8.34. The summed E-state index contributed by atoms with van der Waals surface area (Å²) in [6.45, 7) is 2.03. The van der Waals surface area contributed by atoms with E-state index >= 15 is 0 Å². The molecule has 8 heteroatoms. The van der Waals surface area contributed by atoms with E-state index in [2.05, 4.69) is 10.6 Å². The van der Waals surface area contributed by atoms with E-state index < -0.39 is 29.5 Å². The van der Waals surface area contributed by atoms with E-state index in [0.29, 0.717) is 30.7 Å². The Bertz CT molecular complexity index is 797. The van der Waals surface area contributed by atoms with Gasteiger partial charge in [0.2, 0.25) is 11.8 Å². The molecule has 2 rings (SSSR count). The molecule has 1 unspecified atom stereocenters. The van der Waals surface area contributed by atoms with Crippen LogP contribution in [-0.4, -0.2) is 25.0 Å². The van der Waals surface area contributed by atoms with Crippen molar-refractivity contribution in [3.8, 4) is 5.75 Å². The van der Waals surface area contributed by atoms with Crippen LogP contribution in [0.4, 0.5) is 14.5 Å². The van der Waals surface area contributed by atoms with E-state index in [1.54, 1.807) is 24.3 Å². The first kappa shape index (κ1) is 20.3. The number of anilines is 1. The fraction of sp³-hybridized carbons (Fsp3) is 0.263. The van der Waals surface area contributed by atoms with Gasteiger partial charge in [-0.3, -0.25) is 9.59 Å². The standard InChI is InChI=1S/C19H21F2N3O3/c1-12(25)23-18(16-7-2-13(20)10-17(16)21)11-19(26)24-14-3-5-15(6-4-14)27-9-8-22/h2-7,10,18H,8-9,11,22H2,1H3,(H,23,25)(H,24,26). The predicted molar refractivity (Wildman–Crippen MR) is 97.2 cm³/mol. The molecule has 0 radical (unpaired) electrons. The van der Waals surface area contributed by atoms with Crippen LogP contribution in [0.15, 0.2) is 42.5 Å². The van der Waals surface area contributed by atoms with E-state index in [1.165, 1.54) is 13.0 Å². The van der Waals surface area contributed by atoms with Gasteiger partial charge in [0.25, 0.3) is 0 Å². The van der Waals surface area contributed by atoms with Crippen molar-refractivity contribution in [3.05, 3.63) is 59.7 Å². The zero-order chi connectivity index (χ0) is 19.8. The van der Waals surface area contributed by atoms with E-state index in [4.69, 9.17) is 10.5 Å². The summed E-state index contributed by atoms with van der Waals surface area (Å²) in [6, 6.07) is 8.72. The third-order valence-corrected chi connectivity index (χ3v) is 3.63. The van der Waals surface area contributed by atoms with Crippen LogP contribution >= 0.6 is 0 Å². The lowest BCUT2D eigenvalue weighted by atomic mass is 10.0. The number of hydrogen-bond acceptors (Lipinski definition) is 4. The SMILES string of the molecule is CC(=O)NC(CC(=O)Nc1ccc(OCCN)cc1)c1ccc(F)cc1F. The molecule has 0 aliphatic rings. The Labute approximate surface area is 155 Å². The fourth-order valence-electron chi connectivity index (χ4n) is 2.48. The molecule has 0 bridgehead atoms. The van der Waals surface area contributed by atoms with Gasteiger partial charge in [0, 0.05) is 30.8 Å². The van der Waals surface area contributed by atoms with Crippen LogP contribution in [0.25, 0.3) is 0 Å². The molecule has 4 N–H and O–H groups in total. The summed E-state index contributed by atoms with van der Waals surface area (Å²) in [7, 11) is 0. The minimum Gasteiger partial charge on any atom is -0.492 e. The Hall–Kier alpha value is -3.00. The molecular formula is C19H21F2N3O3. The van der Waals surface area contributed by atoms with Gasteiger partial charge in [0.15, 0.2) is 0 Å². The zero-order valence-electron chi connectivity index (χ0n) is 14.8. The van der Waals surface area contributed by atoms with Crippen LogP contribution < -0.4 is 21.1 Å². The highest BCUT2D eigenvalue weighted by atomic mass is 19.1. The first-order chi connectivity index (χ1) is 12.9. The summed E-state index contributed by atoms with van der Waals surface area (Å²) in [5, 5.41) is 5.17. The summed E-state index contributed by atoms with van der Waals surface area (Å²) in [5.74, 6) is -1.82. The van der Waals surface area contributed by atoms with Crippen molar-refractivity contribution in [2.24, 2.45) is 5.73 Å². The van der Waals surface area contributed by atoms with Gasteiger partial charge in [0.05, 0.1) is 12.5 Å². The Balaban J connectivity index is 2.06. The Kier molecular flexibility index (Phi) is 7.25. The Morgan fingerprint density at radius 3 is 2.44 bits per heavy atom. The summed E-state index contributed by atoms with van der Waals surface area (Å²) in [6.07, 6.45) is -0.215. The maximum absolute atomic E-state index is 14.0. The highest BCUT2D eigenvalue weighted by Gasteiger charge is 2.21. The third kappa shape index (κ3) is 6.34. The van der Waals surface area contributed by atoms with Gasteiger partial charge in [-0.05, 0) is 30.3 Å². The van der Waals surface area contributed by atoms with E-state index in [-0.39, 0.29) is 12.0 Å². The van der Waals surface area contributed by atoms with Crippen LogP contribution in [-0.2, 0) is 9.59 Å². The summed E-state index contributed by atoms with van der Waals surface area (Å²) < 4.78 is 32.5. The summed E-state index contributed by atoms with van der Waals surface area (Å²) in [4.78, 5) is 23.7. The highest BCUT2D eigenvalue weighted by molar-refractivity contribution is 5.91. The number of carbonyl (C=O) groups excluding carboxylic acids is 2. The molecule has 2 amide bonds. The number of hydrogen-bond donors (Lipinski definition) is 3. The predicted octanol–water partition coefficient (Wildman–Crippen LogP) is 2.51. The maximum Gasteiger partial charge on any atom is 0.226 e. The van der Waals surface area contributed by atoms with E-state index in [1.807, 2.05) is 0 Å². The lowest BCUT2D eigenvalue weighted by Gasteiger charge is -2.19. The highest BCUT2D eigenvalue weighted by Crippen LogP contribution is 2.22. The molecule has 1 atom stereocenters. The number of ether oxygens (including phenoxy) is 1. The number of nitrogens with two attached hydrogens (primary N) is 1. The van der Waals surface area contributed by atoms with Crippen molar-refractivity contribution in [3.63, 3.8) is 0 Å². The molecular weight excluding hydrogens is 356 g/mol. The lowest BCUT2D eigenvalue weighted by molar-refractivity contribution is -0.120. The van der Waals surface area contributed by atoms with Crippen molar-refractivity contribution < 1.29 is 23.1 Å². The van der Waals surface area contributed by atoms with Crippen molar-refractivity contribution in [1.29, 1.82) is 0 Å². The van der Waals surface area contributed by atoms with Crippen LogP contribution in [0.5, 0.6) is 5.75 Å². The summed E-state index contributed by atoms with van der Waals surface area (Å²) in [5.41, 5.74) is 5.91. The number of nitrogens with one attached hydrogen (secondary N) is 2. The monoisotopic (exact) mass is 377 g/mol. The summed E-state index contributed by atoms with van der Waals surface area (Å²) >= 11 is 0. The smallest absolute Gasteiger partial charge is 0.226 e. The molecule has 144 valence electrons. The quantitative estimate of drug-likeness (QED) is 0.659. The largest absolute Gasteiger partial charge is 0.492 e. The lowest BCUT2D eigenvalue weighted by Crippen LogP contribution is -2.30. The van der Waals surface area contributed by atoms with Gasteiger partial charge in [-0.15, -0.1) is 0 Å². The van der Waals surface area contributed by atoms with Crippen molar-refractivity contribution in [1.82, 2.24) is 5.32 Å². The van der Waals surface area contributed by atoms with Crippen LogP contribution in [0.2, 0.25) is 0 Å². The Morgan fingerprint density at radius 1 is 1.15 bits per heavy atom. The van der Waals surface area contributed by atoms with Crippen LogP contribution in [0, 0.1) is 11.6 Å². The number of carbonyl (C=O) groups is 2. The number of rotatable bonds is 8. The zero-order valence-corrected chi connectivity index (χ0v) is 14.8. The molecule has 0 spiro atoms. The van der Waals surface area contributed by atoms with Gasteiger partial charge in [-0.25, -0.2) is 8.78 Å². The molecule has 0 saturated heterocycles. The van der Waals surface area contributed by atoms with Crippen molar-refractivity contribution in [2.45, 2.75) is 19.4 Å². The minimum atomic E-state index is -0.921. The fourth-order valence-corrected chi connectivity index (χ4v) is 2.48. The van der Waals surface area contributed by atoms with Gasteiger partial charge < -0.3 is 21.1 Å². The molecule has 0 aromatic heterocycles. The molecule has 6 nitrogen and oxygen atoms in total. The van der Waals surface area contributed by atoms with Gasteiger partial charge in [-0.1, -0.05) is 6.07 Å². The molecule has 0 aliphatic carbocycles. The second kappa shape index (κ2) is 9.63. The van der Waals surface area contributed by atoms with Gasteiger partial charge >= 0.3 is 0 Å². The minimum absolute atomic E-state index is 0.0345. The van der Waals surface area contributed by atoms with Crippen molar-refractivity contribution >= 4 is 17.5 Å². The molecule has 0 saturated carbocycles. The third-order valence-electron chi connectivity index (χ3n) is 3.63. The molecule has 2 aromatic rings. The van der Waals surface area contributed by atoms with Gasteiger partial charge in [0.1, 0.15) is 24.0 Å². The Morgan fingerprint density at radius 2 is 1.85 bits per heavy atom. The number of benzene rings is 2. The average Bonchev–Trinajstić information content (AvgIpc) is 2.60. The maximum atomic E-state index is 14.0. The topological polar surface area (TPSA) is 93.5 Å². The second-order valence-corrected chi connectivity index (χ2v) is 5.83. The van der Waals surface area contributed by atoms with Crippen LogP contribution in [0.3, 0.4) is 0 Å². The van der Waals surface area contributed by atoms with Crippen molar-refractivity contribution in [2.75, 3.05) is 18.5 Å². The number of halogens is 2. The normalized spacial score (nSPS) is 11.6. The van der Waals surface area contributed by atoms with Crippen LogP contribution in [0.1, 0.15) is 24.9 Å². The molecule has 27 heavy (non-hydrogen) atoms. The van der Waals surface area contributed by atoms with E-state index in [9.17, 15) is 18.4 Å². The van der Waals surface area contributed by atoms with E-state index in [0.717, 1.165) is 6.07 Å². The molecule has 0 aliphatic heterocycles. The molecule has 0 heterocycles.